The molecule has 5 heteroatoms. The second-order valence-electron chi connectivity index (χ2n) is 4.02. The zero-order valence-electron chi connectivity index (χ0n) is 9.46. The first-order valence-corrected chi connectivity index (χ1v) is 4.83. The monoisotopic (exact) mass is 212 g/mol. The third kappa shape index (κ3) is 3.27. The second kappa shape index (κ2) is 4.33. The maximum atomic E-state index is 11.4. The second-order valence-corrected chi connectivity index (χ2v) is 4.02. The minimum Gasteiger partial charge on any atom is -0.470 e. The summed E-state index contributed by atoms with van der Waals surface area (Å²) in [6.07, 6.45) is 1.41. The molecule has 0 atom stereocenters. The Morgan fingerprint density at radius 1 is 1.53 bits per heavy atom. The Kier molecular flexibility index (Phi) is 3.34. The van der Waals surface area contributed by atoms with E-state index in [2.05, 4.69) is 9.97 Å². The number of nitrogens with one attached hydrogen (secondary N) is 1. The van der Waals surface area contributed by atoms with Crippen LogP contribution in [0.2, 0.25) is 0 Å². The Labute approximate surface area is 88.8 Å². The number of nitrogens with zero attached hydrogens (tertiary/aromatic N) is 1. The standard InChI is InChI=1S/C10H16N2O3/c1-5-14-9(13)7-8(12-6-11-7)15-10(2,3)4/h6H,5H2,1-4H3,(H,11,12). The first kappa shape index (κ1) is 11.6. The first-order chi connectivity index (χ1) is 6.94. The van der Waals surface area contributed by atoms with Gasteiger partial charge in [-0.1, -0.05) is 0 Å². The van der Waals surface area contributed by atoms with Crippen LogP contribution in [-0.2, 0) is 4.74 Å². The molecule has 0 radical (unpaired) electrons. The van der Waals surface area contributed by atoms with E-state index in [1.54, 1.807) is 6.92 Å². The summed E-state index contributed by atoms with van der Waals surface area (Å²) >= 11 is 0. The molecule has 0 unspecified atom stereocenters. The predicted molar refractivity (Wildman–Crippen MR) is 54.9 cm³/mol. The topological polar surface area (TPSA) is 64.2 Å². The summed E-state index contributed by atoms with van der Waals surface area (Å²) in [5.74, 6) is -0.171. The molecule has 1 heterocycles. The van der Waals surface area contributed by atoms with Crippen LogP contribution in [0.4, 0.5) is 0 Å². The quantitative estimate of drug-likeness (QED) is 0.775. The molecule has 0 spiro atoms. The number of aromatic amines is 1. The largest absolute Gasteiger partial charge is 0.470 e. The molecular weight excluding hydrogens is 196 g/mol. The van der Waals surface area contributed by atoms with Crippen LogP contribution in [0.25, 0.3) is 0 Å². The molecule has 0 amide bonds. The van der Waals surface area contributed by atoms with Gasteiger partial charge in [0.1, 0.15) is 5.60 Å². The fraction of sp³-hybridized carbons (Fsp3) is 0.600. The maximum Gasteiger partial charge on any atom is 0.360 e. The average Bonchev–Trinajstić information content (AvgIpc) is 2.49. The highest BCUT2D eigenvalue weighted by Crippen LogP contribution is 2.19. The Balaban J connectivity index is 2.82. The van der Waals surface area contributed by atoms with Crippen molar-refractivity contribution in [3.05, 3.63) is 12.0 Å². The molecule has 0 aliphatic rings. The van der Waals surface area contributed by atoms with Crippen LogP contribution in [0.3, 0.4) is 0 Å². The molecule has 5 nitrogen and oxygen atoms in total. The number of imidazole rings is 1. The molecule has 0 fully saturated rings. The minimum absolute atomic E-state index is 0.256. The van der Waals surface area contributed by atoms with Gasteiger partial charge >= 0.3 is 5.97 Å². The van der Waals surface area contributed by atoms with Gasteiger partial charge in [0.25, 0.3) is 0 Å². The normalized spacial score (nSPS) is 11.2. The number of aromatic nitrogens is 2. The van der Waals surface area contributed by atoms with E-state index < -0.39 is 11.6 Å². The van der Waals surface area contributed by atoms with Gasteiger partial charge in [-0.15, -0.1) is 0 Å². The summed E-state index contributed by atoms with van der Waals surface area (Å²) in [5, 5.41) is 0. The van der Waals surface area contributed by atoms with Crippen LogP contribution in [-0.4, -0.2) is 28.1 Å². The molecule has 0 saturated heterocycles. The summed E-state index contributed by atoms with van der Waals surface area (Å²) in [6, 6.07) is 0. The number of H-pyrrole nitrogens is 1. The predicted octanol–water partition coefficient (Wildman–Crippen LogP) is 1.76. The van der Waals surface area contributed by atoms with Gasteiger partial charge in [-0.3, -0.25) is 0 Å². The Bertz CT molecular complexity index is 339. The van der Waals surface area contributed by atoms with Gasteiger partial charge in [0.15, 0.2) is 5.69 Å². The van der Waals surface area contributed by atoms with Crippen molar-refractivity contribution in [1.29, 1.82) is 0 Å². The molecule has 84 valence electrons. The lowest BCUT2D eigenvalue weighted by atomic mass is 10.2. The van der Waals surface area contributed by atoms with Crippen LogP contribution >= 0.6 is 0 Å². The molecule has 1 aromatic rings. The van der Waals surface area contributed by atoms with Crippen molar-refractivity contribution in [3.8, 4) is 5.88 Å². The zero-order valence-corrected chi connectivity index (χ0v) is 9.46. The number of carbonyl (C=O) groups is 1. The van der Waals surface area contributed by atoms with Gasteiger partial charge in [-0.25, -0.2) is 9.78 Å². The van der Waals surface area contributed by atoms with Crippen LogP contribution < -0.4 is 4.74 Å². The molecule has 0 bridgehead atoms. The van der Waals surface area contributed by atoms with Gasteiger partial charge in [0.05, 0.1) is 12.9 Å². The molecule has 0 aliphatic carbocycles. The van der Waals surface area contributed by atoms with Crippen molar-refractivity contribution in [2.75, 3.05) is 6.61 Å². The van der Waals surface area contributed by atoms with Crippen molar-refractivity contribution in [2.45, 2.75) is 33.3 Å². The highest BCUT2D eigenvalue weighted by atomic mass is 16.5. The summed E-state index contributed by atoms with van der Waals surface area (Å²) in [7, 11) is 0. The van der Waals surface area contributed by atoms with E-state index in [4.69, 9.17) is 9.47 Å². The maximum absolute atomic E-state index is 11.4. The van der Waals surface area contributed by atoms with Crippen molar-refractivity contribution in [3.63, 3.8) is 0 Å². The van der Waals surface area contributed by atoms with E-state index in [0.29, 0.717) is 6.61 Å². The fourth-order valence-corrected chi connectivity index (χ4v) is 0.999. The van der Waals surface area contributed by atoms with Crippen LogP contribution in [0.5, 0.6) is 5.88 Å². The first-order valence-electron chi connectivity index (χ1n) is 4.83. The molecule has 0 aromatic carbocycles. The van der Waals surface area contributed by atoms with Crippen molar-refractivity contribution in [1.82, 2.24) is 9.97 Å². The van der Waals surface area contributed by atoms with Crippen LogP contribution in [0.15, 0.2) is 6.33 Å². The summed E-state index contributed by atoms with van der Waals surface area (Å²) in [4.78, 5) is 18.1. The Hall–Kier alpha value is -1.52. The highest BCUT2D eigenvalue weighted by Gasteiger charge is 2.21. The number of hydrogen-bond acceptors (Lipinski definition) is 4. The smallest absolute Gasteiger partial charge is 0.360 e. The van der Waals surface area contributed by atoms with E-state index in [1.807, 2.05) is 20.8 Å². The van der Waals surface area contributed by atoms with Gasteiger partial charge in [0.2, 0.25) is 5.88 Å². The molecule has 1 rings (SSSR count). The van der Waals surface area contributed by atoms with E-state index in [9.17, 15) is 4.79 Å². The molecule has 0 aliphatic heterocycles. The Morgan fingerprint density at radius 2 is 2.20 bits per heavy atom. The van der Waals surface area contributed by atoms with Gasteiger partial charge in [0, 0.05) is 0 Å². The number of ether oxygens (including phenoxy) is 2. The van der Waals surface area contributed by atoms with Crippen LogP contribution in [0.1, 0.15) is 38.2 Å². The van der Waals surface area contributed by atoms with Crippen molar-refractivity contribution in [2.24, 2.45) is 0 Å². The number of hydrogen-bond donors (Lipinski definition) is 1. The molecule has 0 saturated carbocycles. The van der Waals surface area contributed by atoms with Gasteiger partial charge in [-0.2, -0.15) is 0 Å². The lowest BCUT2D eigenvalue weighted by molar-refractivity contribution is 0.0505. The lowest BCUT2D eigenvalue weighted by Gasteiger charge is -2.19. The SMILES string of the molecule is CCOC(=O)c1[nH]cnc1OC(C)(C)C. The van der Waals surface area contributed by atoms with E-state index in [1.165, 1.54) is 6.33 Å². The summed E-state index contributed by atoms with van der Waals surface area (Å²) in [6.45, 7) is 7.73. The number of rotatable bonds is 3. The van der Waals surface area contributed by atoms with Crippen LogP contribution in [0, 0.1) is 0 Å². The Morgan fingerprint density at radius 3 is 2.73 bits per heavy atom. The lowest BCUT2D eigenvalue weighted by Crippen LogP contribution is -2.24. The van der Waals surface area contributed by atoms with Gasteiger partial charge in [-0.05, 0) is 27.7 Å². The molecular formula is C10H16N2O3. The minimum atomic E-state index is -0.450. The van der Waals surface area contributed by atoms with Crippen molar-refractivity contribution < 1.29 is 14.3 Å². The number of esters is 1. The zero-order chi connectivity index (χ0) is 11.5. The third-order valence-electron chi connectivity index (χ3n) is 1.49. The molecule has 15 heavy (non-hydrogen) atoms. The average molecular weight is 212 g/mol. The van der Waals surface area contributed by atoms with Crippen molar-refractivity contribution >= 4 is 5.97 Å². The summed E-state index contributed by atoms with van der Waals surface area (Å²) in [5.41, 5.74) is -0.136. The highest BCUT2D eigenvalue weighted by molar-refractivity contribution is 5.89. The number of carbonyl (C=O) groups excluding carboxylic acids is 1. The van der Waals surface area contributed by atoms with E-state index in [-0.39, 0.29) is 11.6 Å². The third-order valence-corrected chi connectivity index (χ3v) is 1.49. The fourth-order valence-electron chi connectivity index (χ4n) is 0.999. The van der Waals surface area contributed by atoms with E-state index >= 15 is 0 Å². The summed E-state index contributed by atoms with van der Waals surface area (Å²) < 4.78 is 10.3. The molecule has 1 aromatic heterocycles. The van der Waals surface area contributed by atoms with Gasteiger partial charge < -0.3 is 14.5 Å². The van der Waals surface area contributed by atoms with E-state index in [0.717, 1.165) is 0 Å². The molecule has 1 N–H and O–H groups in total.